The molecule has 0 saturated carbocycles. The summed E-state index contributed by atoms with van der Waals surface area (Å²) < 4.78 is 7.37. The lowest BCUT2D eigenvalue weighted by Gasteiger charge is -2.04. The smallest absolute Gasteiger partial charge is 0.277 e. The lowest BCUT2D eigenvalue weighted by molar-refractivity contribution is -0.123. The number of carbonyl (C=O) groups excluding carboxylic acids is 1. The summed E-state index contributed by atoms with van der Waals surface area (Å²) >= 11 is 5.86. The molecule has 3 aromatic rings. The van der Waals surface area contributed by atoms with E-state index < -0.39 is 0 Å². The fraction of sp³-hybridized carbons (Fsp3) is 0.111. The van der Waals surface area contributed by atoms with Crippen LogP contribution in [-0.4, -0.2) is 23.3 Å². The van der Waals surface area contributed by atoms with E-state index in [4.69, 9.17) is 16.3 Å². The minimum atomic E-state index is -0.341. The van der Waals surface area contributed by atoms with Crippen LogP contribution in [0, 0.1) is 0 Å². The molecule has 6 heteroatoms. The largest absolute Gasteiger partial charge is 0.484 e. The van der Waals surface area contributed by atoms with Gasteiger partial charge in [-0.3, -0.25) is 4.79 Å². The minimum Gasteiger partial charge on any atom is -0.484 e. The SMILES string of the molecule is Cn1cc(/C=N\NC(=O)COc2cccc(Cl)c2)c2ccccc21. The van der Waals surface area contributed by atoms with E-state index in [2.05, 4.69) is 10.5 Å². The Bertz CT molecular complexity index is 902. The summed E-state index contributed by atoms with van der Waals surface area (Å²) in [6, 6.07) is 14.9. The van der Waals surface area contributed by atoms with Gasteiger partial charge in [-0.15, -0.1) is 0 Å². The normalized spacial score (nSPS) is 11.1. The number of rotatable bonds is 5. The van der Waals surface area contributed by atoms with Crippen LogP contribution in [0.3, 0.4) is 0 Å². The molecule has 1 heterocycles. The highest BCUT2D eigenvalue weighted by Gasteiger charge is 2.04. The van der Waals surface area contributed by atoms with Gasteiger partial charge >= 0.3 is 0 Å². The second-order valence-corrected chi connectivity index (χ2v) is 5.69. The van der Waals surface area contributed by atoms with Gasteiger partial charge in [0.25, 0.3) is 5.91 Å². The van der Waals surface area contributed by atoms with Crippen LogP contribution in [-0.2, 0) is 11.8 Å². The molecular formula is C18H16ClN3O2. The van der Waals surface area contributed by atoms with Crippen molar-refractivity contribution in [2.24, 2.45) is 12.1 Å². The third-order valence-electron chi connectivity index (χ3n) is 3.49. The highest BCUT2D eigenvalue weighted by atomic mass is 35.5. The van der Waals surface area contributed by atoms with Gasteiger partial charge in [-0.1, -0.05) is 35.9 Å². The summed E-state index contributed by atoms with van der Waals surface area (Å²) in [4.78, 5) is 11.8. The third-order valence-corrected chi connectivity index (χ3v) is 3.72. The molecule has 1 amide bonds. The molecule has 122 valence electrons. The van der Waals surface area contributed by atoms with Crippen molar-refractivity contribution < 1.29 is 9.53 Å². The summed E-state index contributed by atoms with van der Waals surface area (Å²) in [7, 11) is 1.97. The van der Waals surface area contributed by atoms with E-state index in [9.17, 15) is 4.79 Å². The summed E-state index contributed by atoms with van der Waals surface area (Å²) in [6.45, 7) is -0.132. The van der Waals surface area contributed by atoms with E-state index in [-0.39, 0.29) is 12.5 Å². The molecule has 0 radical (unpaired) electrons. The Kier molecular flexibility index (Phi) is 4.82. The van der Waals surface area contributed by atoms with Gasteiger partial charge in [0.2, 0.25) is 0 Å². The maximum absolute atomic E-state index is 11.8. The fourth-order valence-corrected chi connectivity index (χ4v) is 2.57. The summed E-state index contributed by atoms with van der Waals surface area (Å²) in [6.07, 6.45) is 3.59. The van der Waals surface area contributed by atoms with Crippen molar-refractivity contribution in [2.45, 2.75) is 0 Å². The molecule has 0 unspecified atom stereocenters. The lowest BCUT2D eigenvalue weighted by Crippen LogP contribution is -2.24. The van der Waals surface area contributed by atoms with E-state index in [0.29, 0.717) is 10.8 Å². The van der Waals surface area contributed by atoms with Gasteiger partial charge in [-0.05, 0) is 24.3 Å². The van der Waals surface area contributed by atoms with Gasteiger partial charge in [-0.25, -0.2) is 5.43 Å². The zero-order valence-corrected chi connectivity index (χ0v) is 13.8. The Morgan fingerprint density at radius 3 is 2.96 bits per heavy atom. The van der Waals surface area contributed by atoms with Crippen LogP contribution in [0.4, 0.5) is 0 Å². The van der Waals surface area contributed by atoms with Crippen molar-refractivity contribution in [1.29, 1.82) is 0 Å². The Morgan fingerprint density at radius 1 is 1.29 bits per heavy atom. The second kappa shape index (κ2) is 7.19. The molecule has 5 nitrogen and oxygen atoms in total. The zero-order chi connectivity index (χ0) is 16.9. The number of carbonyl (C=O) groups is 1. The fourth-order valence-electron chi connectivity index (χ4n) is 2.39. The van der Waals surface area contributed by atoms with Crippen molar-refractivity contribution in [1.82, 2.24) is 9.99 Å². The van der Waals surface area contributed by atoms with Gasteiger partial charge < -0.3 is 9.30 Å². The van der Waals surface area contributed by atoms with Crippen molar-refractivity contribution in [3.63, 3.8) is 0 Å². The lowest BCUT2D eigenvalue weighted by atomic mass is 10.2. The van der Waals surface area contributed by atoms with Gasteiger partial charge in [0.15, 0.2) is 6.61 Å². The van der Waals surface area contributed by atoms with Gasteiger partial charge in [0.05, 0.1) is 6.21 Å². The monoisotopic (exact) mass is 341 g/mol. The average Bonchev–Trinajstić information content (AvgIpc) is 2.90. The van der Waals surface area contributed by atoms with E-state index in [0.717, 1.165) is 16.5 Å². The van der Waals surface area contributed by atoms with Crippen LogP contribution in [0.25, 0.3) is 10.9 Å². The molecular weight excluding hydrogens is 326 g/mol. The molecule has 24 heavy (non-hydrogen) atoms. The number of aryl methyl sites for hydroxylation is 1. The molecule has 2 aromatic carbocycles. The first kappa shape index (κ1) is 16.1. The highest BCUT2D eigenvalue weighted by molar-refractivity contribution is 6.30. The number of benzene rings is 2. The minimum absolute atomic E-state index is 0.132. The Morgan fingerprint density at radius 2 is 2.12 bits per heavy atom. The average molecular weight is 342 g/mol. The van der Waals surface area contributed by atoms with Crippen LogP contribution >= 0.6 is 11.6 Å². The quantitative estimate of drug-likeness (QED) is 0.571. The molecule has 0 spiro atoms. The number of halogens is 1. The number of hydrazone groups is 1. The van der Waals surface area contributed by atoms with Crippen LogP contribution in [0.5, 0.6) is 5.75 Å². The van der Waals surface area contributed by atoms with Gasteiger partial charge in [-0.2, -0.15) is 5.10 Å². The van der Waals surface area contributed by atoms with Gasteiger partial charge in [0.1, 0.15) is 5.75 Å². The Labute approximate surface area is 144 Å². The first-order valence-corrected chi connectivity index (χ1v) is 7.75. The summed E-state index contributed by atoms with van der Waals surface area (Å²) in [5.41, 5.74) is 4.49. The molecule has 1 aromatic heterocycles. The summed E-state index contributed by atoms with van der Waals surface area (Å²) in [5.74, 6) is 0.196. The van der Waals surface area contributed by atoms with Crippen LogP contribution < -0.4 is 10.2 Å². The number of fused-ring (bicyclic) bond motifs is 1. The number of hydrogen-bond acceptors (Lipinski definition) is 3. The maximum Gasteiger partial charge on any atom is 0.277 e. The predicted molar refractivity (Wildman–Crippen MR) is 95.6 cm³/mol. The molecule has 0 saturated heterocycles. The highest BCUT2D eigenvalue weighted by Crippen LogP contribution is 2.18. The Hall–Kier alpha value is -2.79. The molecule has 0 aliphatic heterocycles. The van der Waals surface area contributed by atoms with Crippen LogP contribution in [0.1, 0.15) is 5.56 Å². The molecule has 0 bridgehead atoms. The first-order valence-electron chi connectivity index (χ1n) is 7.38. The van der Waals surface area contributed by atoms with E-state index in [1.165, 1.54) is 0 Å². The number of hydrogen-bond donors (Lipinski definition) is 1. The van der Waals surface area contributed by atoms with Gasteiger partial charge in [0, 0.05) is 34.7 Å². The molecule has 0 atom stereocenters. The maximum atomic E-state index is 11.8. The number of aromatic nitrogens is 1. The Balaban J connectivity index is 1.58. The van der Waals surface area contributed by atoms with Crippen LogP contribution in [0.15, 0.2) is 59.8 Å². The van der Waals surface area contributed by atoms with Crippen molar-refractivity contribution in [3.05, 3.63) is 65.3 Å². The standard InChI is InChI=1S/C18H16ClN3O2/c1-22-11-13(16-7-2-3-8-17(16)22)10-20-21-18(23)12-24-15-6-4-5-14(19)9-15/h2-11H,12H2,1H3,(H,21,23)/b20-10-. The topological polar surface area (TPSA) is 55.6 Å². The number of nitrogens with zero attached hydrogens (tertiary/aromatic N) is 2. The van der Waals surface area contributed by atoms with E-state index in [1.54, 1.807) is 30.5 Å². The van der Waals surface area contributed by atoms with Crippen molar-refractivity contribution in [2.75, 3.05) is 6.61 Å². The third kappa shape index (κ3) is 3.75. The molecule has 0 aliphatic rings. The number of nitrogens with one attached hydrogen (secondary N) is 1. The van der Waals surface area contributed by atoms with Crippen LogP contribution in [0.2, 0.25) is 5.02 Å². The second-order valence-electron chi connectivity index (χ2n) is 5.25. The molecule has 3 rings (SSSR count). The molecule has 0 aliphatic carbocycles. The molecule has 0 fully saturated rings. The predicted octanol–water partition coefficient (Wildman–Crippen LogP) is 3.36. The van der Waals surface area contributed by atoms with Crippen molar-refractivity contribution >= 4 is 34.6 Å². The van der Waals surface area contributed by atoms with E-state index in [1.807, 2.05) is 42.1 Å². The first-order chi connectivity index (χ1) is 11.6. The van der Waals surface area contributed by atoms with Crippen molar-refractivity contribution in [3.8, 4) is 5.75 Å². The molecule has 1 N–H and O–H groups in total. The number of amides is 1. The number of ether oxygens (including phenoxy) is 1. The summed E-state index contributed by atoms with van der Waals surface area (Å²) in [5, 5.41) is 5.63. The van der Waals surface area contributed by atoms with E-state index >= 15 is 0 Å². The number of para-hydroxylation sites is 1. The zero-order valence-electron chi connectivity index (χ0n) is 13.1.